The van der Waals surface area contributed by atoms with Crippen molar-refractivity contribution in [3.05, 3.63) is 46.9 Å². The van der Waals surface area contributed by atoms with E-state index in [0.717, 1.165) is 35.1 Å². The van der Waals surface area contributed by atoms with Gasteiger partial charge in [-0.15, -0.1) is 0 Å². The number of benzene rings is 1. The minimum atomic E-state index is 0.222. The van der Waals surface area contributed by atoms with Gasteiger partial charge in [0.2, 0.25) is 0 Å². The molecule has 0 saturated carbocycles. The average Bonchev–Trinajstić information content (AvgIpc) is 2.83. The molecule has 114 valence electrons. The first-order valence-electron chi connectivity index (χ1n) is 7.05. The highest BCUT2D eigenvalue weighted by Crippen LogP contribution is 2.24. The second kappa shape index (κ2) is 6.68. The lowest BCUT2D eigenvalue weighted by Crippen LogP contribution is -2.18. The lowest BCUT2D eigenvalue weighted by molar-refractivity contribution is 0.392. The van der Waals surface area contributed by atoms with Crippen molar-refractivity contribution in [2.24, 2.45) is 0 Å². The number of furan rings is 1. The van der Waals surface area contributed by atoms with Gasteiger partial charge in [-0.25, -0.2) is 0 Å². The van der Waals surface area contributed by atoms with Crippen LogP contribution in [0.1, 0.15) is 35.6 Å². The summed E-state index contributed by atoms with van der Waals surface area (Å²) in [5, 5.41) is 3.50. The smallest absolute Gasteiger partial charge is 0.122 e. The summed E-state index contributed by atoms with van der Waals surface area (Å²) in [5.74, 6) is 3.51. The van der Waals surface area contributed by atoms with Crippen molar-refractivity contribution < 1.29 is 13.9 Å². The second-order valence-corrected chi connectivity index (χ2v) is 5.19. The molecule has 0 aliphatic carbocycles. The van der Waals surface area contributed by atoms with Crippen LogP contribution in [0.3, 0.4) is 0 Å². The third-order valence-electron chi connectivity index (χ3n) is 3.57. The van der Waals surface area contributed by atoms with Crippen LogP contribution in [0.15, 0.2) is 28.7 Å². The first-order valence-corrected chi connectivity index (χ1v) is 7.05. The molecule has 0 bridgehead atoms. The lowest BCUT2D eigenvalue weighted by atomic mass is 10.1. The summed E-state index contributed by atoms with van der Waals surface area (Å²) >= 11 is 0. The van der Waals surface area contributed by atoms with Crippen LogP contribution in [0, 0.1) is 13.8 Å². The van der Waals surface area contributed by atoms with Gasteiger partial charge in [0.1, 0.15) is 23.0 Å². The lowest BCUT2D eigenvalue weighted by Gasteiger charge is -2.14. The molecule has 1 atom stereocenters. The largest absolute Gasteiger partial charge is 0.497 e. The van der Waals surface area contributed by atoms with Gasteiger partial charge < -0.3 is 19.2 Å². The van der Waals surface area contributed by atoms with Gasteiger partial charge in [0.15, 0.2) is 0 Å². The molecule has 2 aromatic rings. The summed E-state index contributed by atoms with van der Waals surface area (Å²) in [6.07, 6.45) is 0. The maximum Gasteiger partial charge on any atom is 0.122 e. The highest BCUT2D eigenvalue weighted by molar-refractivity contribution is 5.38. The molecule has 0 radical (unpaired) electrons. The maximum absolute atomic E-state index is 5.58. The summed E-state index contributed by atoms with van der Waals surface area (Å²) in [7, 11) is 3.32. The average molecular weight is 289 g/mol. The third kappa shape index (κ3) is 3.79. The topological polar surface area (TPSA) is 43.6 Å². The number of methoxy groups -OCH3 is 2. The fourth-order valence-corrected chi connectivity index (χ4v) is 2.43. The van der Waals surface area contributed by atoms with Crippen LogP contribution in [-0.2, 0) is 6.54 Å². The summed E-state index contributed by atoms with van der Waals surface area (Å²) in [5.41, 5.74) is 2.32. The molecule has 4 heteroatoms. The Kier molecular flexibility index (Phi) is 4.91. The van der Waals surface area contributed by atoms with Crippen LogP contribution in [0.25, 0.3) is 0 Å². The summed E-state index contributed by atoms with van der Waals surface area (Å²) < 4.78 is 16.2. The number of hydrogen-bond acceptors (Lipinski definition) is 4. The van der Waals surface area contributed by atoms with Gasteiger partial charge in [0.25, 0.3) is 0 Å². The first kappa shape index (κ1) is 15.4. The number of ether oxygens (including phenoxy) is 2. The molecule has 0 amide bonds. The van der Waals surface area contributed by atoms with E-state index in [2.05, 4.69) is 18.3 Å². The van der Waals surface area contributed by atoms with Gasteiger partial charge in [-0.2, -0.15) is 0 Å². The Morgan fingerprint density at radius 2 is 1.67 bits per heavy atom. The molecular formula is C17H23NO3. The first-order chi connectivity index (χ1) is 10.0. The van der Waals surface area contributed by atoms with Crippen LogP contribution >= 0.6 is 0 Å². The molecule has 0 fully saturated rings. The van der Waals surface area contributed by atoms with Crippen LogP contribution < -0.4 is 14.8 Å². The van der Waals surface area contributed by atoms with E-state index in [1.165, 1.54) is 5.56 Å². The normalized spacial score (nSPS) is 12.2. The number of aryl methyl sites for hydroxylation is 2. The summed E-state index contributed by atoms with van der Waals surface area (Å²) in [6.45, 7) is 6.83. The van der Waals surface area contributed by atoms with Gasteiger partial charge >= 0.3 is 0 Å². The molecule has 1 unspecified atom stereocenters. The van der Waals surface area contributed by atoms with E-state index in [1.54, 1.807) is 14.2 Å². The Morgan fingerprint density at radius 3 is 2.14 bits per heavy atom. The van der Waals surface area contributed by atoms with Crippen molar-refractivity contribution in [2.45, 2.75) is 33.4 Å². The Bertz CT molecular complexity index is 582. The van der Waals surface area contributed by atoms with Crippen molar-refractivity contribution in [2.75, 3.05) is 14.2 Å². The molecule has 0 spiro atoms. The highest BCUT2D eigenvalue weighted by atomic mass is 16.5. The van der Waals surface area contributed by atoms with E-state index in [9.17, 15) is 0 Å². The number of rotatable bonds is 6. The van der Waals surface area contributed by atoms with E-state index in [0.29, 0.717) is 0 Å². The maximum atomic E-state index is 5.58. The van der Waals surface area contributed by atoms with Crippen molar-refractivity contribution in [3.8, 4) is 11.5 Å². The standard InChI is InChI=1S/C17H23NO3/c1-11-6-17(13(3)21-11)12(2)18-10-14-7-15(19-4)9-16(8-14)20-5/h6-9,12,18H,10H2,1-5H3. The predicted octanol–water partition coefficient (Wildman–Crippen LogP) is 3.76. The predicted molar refractivity (Wildman–Crippen MR) is 83.0 cm³/mol. The van der Waals surface area contributed by atoms with Gasteiger partial charge in [-0.3, -0.25) is 0 Å². The molecule has 1 N–H and O–H groups in total. The van der Waals surface area contributed by atoms with Gasteiger partial charge in [-0.1, -0.05) is 0 Å². The molecule has 0 aliphatic rings. The van der Waals surface area contributed by atoms with E-state index in [4.69, 9.17) is 13.9 Å². The molecule has 4 nitrogen and oxygen atoms in total. The molecule has 0 saturated heterocycles. The van der Waals surface area contributed by atoms with Crippen LogP contribution in [-0.4, -0.2) is 14.2 Å². The fourth-order valence-electron chi connectivity index (χ4n) is 2.43. The summed E-state index contributed by atoms with van der Waals surface area (Å²) in [4.78, 5) is 0. The minimum absolute atomic E-state index is 0.222. The van der Waals surface area contributed by atoms with Crippen molar-refractivity contribution >= 4 is 0 Å². The number of hydrogen-bond donors (Lipinski definition) is 1. The van der Waals surface area contributed by atoms with E-state index < -0.39 is 0 Å². The van der Waals surface area contributed by atoms with E-state index in [-0.39, 0.29) is 6.04 Å². The molecule has 1 heterocycles. The van der Waals surface area contributed by atoms with E-state index >= 15 is 0 Å². The summed E-state index contributed by atoms with van der Waals surface area (Å²) in [6, 6.07) is 8.20. The Balaban J connectivity index is 2.07. The highest BCUT2D eigenvalue weighted by Gasteiger charge is 2.12. The quantitative estimate of drug-likeness (QED) is 0.879. The molecule has 1 aromatic heterocycles. The van der Waals surface area contributed by atoms with Crippen LogP contribution in [0.4, 0.5) is 0 Å². The molecule has 1 aromatic carbocycles. The van der Waals surface area contributed by atoms with Gasteiger partial charge in [0, 0.05) is 24.2 Å². The Hall–Kier alpha value is -1.94. The van der Waals surface area contributed by atoms with Gasteiger partial charge in [-0.05, 0) is 44.5 Å². The Labute approximate surface area is 126 Å². The second-order valence-electron chi connectivity index (χ2n) is 5.19. The number of nitrogens with one attached hydrogen (secondary N) is 1. The van der Waals surface area contributed by atoms with Crippen molar-refractivity contribution in [3.63, 3.8) is 0 Å². The van der Waals surface area contributed by atoms with Gasteiger partial charge in [0.05, 0.1) is 14.2 Å². The van der Waals surface area contributed by atoms with Crippen molar-refractivity contribution in [1.29, 1.82) is 0 Å². The van der Waals surface area contributed by atoms with Crippen LogP contribution in [0.2, 0.25) is 0 Å². The molecule has 2 rings (SSSR count). The Morgan fingerprint density at radius 1 is 1.05 bits per heavy atom. The monoisotopic (exact) mass is 289 g/mol. The fraction of sp³-hybridized carbons (Fsp3) is 0.412. The molecule has 21 heavy (non-hydrogen) atoms. The van der Waals surface area contributed by atoms with E-state index in [1.807, 2.05) is 32.0 Å². The zero-order valence-electron chi connectivity index (χ0n) is 13.3. The zero-order chi connectivity index (χ0) is 15.4. The molecule has 0 aliphatic heterocycles. The van der Waals surface area contributed by atoms with Crippen LogP contribution in [0.5, 0.6) is 11.5 Å². The minimum Gasteiger partial charge on any atom is -0.497 e. The molecular weight excluding hydrogens is 266 g/mol. The zero-order valence-corrected chi connectivity index (χ0v) is 13.3. The SMILES string of the molecule is COc1cc(CNC(C)c2cc(C)oc2C)cc(OC)c1. The van der Waals surface area contributed by atoms with Crippen molar-refractivity contribution in [1.82, 2.24) is 5.32 Å². The third-order valence-corrected chi connectivity index (χ3v) is 3.57.